The number of aryl methyl sites for hydroxylation is 1. The molecule has 0 radical (unpaired) electrons. The van der Waals surface area contributed by atoms with Crippen LogP contribution >= 0.6 is 0 Å². The summed E-state index contributed by atoms with van der Waals surface area (Å²) in [6.45, 7) is 1.62. The van der Waals surface area contributed by atoms with Gasteiger partial charge < -0.3 is 18.6 Å². The van der Waals surface area contributed by atoms with Gasteiger partial charge in [0.05, 0.1) is 42.5 Å². The van der Waals surface area contributed by atoms with Crippen molar-refractivity contribution < 1.29 is 22.7 Å². The first-order chi connectivity index (χ1) is 18.4. The summed E-state index contributed by atoms with van der Waals surface area (Å²) in [6, 6.07) is 14.1. The molecule has 1 aliphatic heterocycles. The zero-order valence-corrected chi connectivity index (χ0v) is 22.7. The number of carbonyl (C=O) groups is 1. The van der Waals surface area contributed by atoms with Crippen LogP contribution in [0.3, 0.4) is 0 Å². The Balaban J connectivity index is 1.50. The molecule has 0 bridgehead atoms. The number of benzene rings is 2. The Morgan fingerprint density at radius 3 is 2.47 bits per heavy atom. The molecule has 2 aromatic heterocycles. The molecule has 6 rings (SSSR count). The summed E-state index contributed by atoms with van der Waals surface area (Å²) in [4.78, 5) is 17.5. The summed E-state index contributed by atoms with van der Waals surface area (Å²) < 4.78 is 39.3. The van der Waals surface area contributed by atoms with Gasteiger partial charge >= 0.3 is 5.97 Å². The first-order valence-electron chi connectivity index (χ1n) is 13.3. The average molecular weight is 536 g/mol. The number of fused-ring (bicyclic) bond motifs is 2. The van der Waals surface area contributed by atoms with Gasteiger partial charge in [-0.25, -0.2) is 18.2 Å². The minimum Gasteiger partial charge on any atom is -0.494 e. The SMILES string of the molecule is COC(=O)c1cc(OC)c2c(c1)nc(-c1cc3ccccc3n1CC1CC1)n2CCC1CCS(=O)(=O)CC1. The summed E-state index contributed by atoms with van der Waals surface area (Å²) in [7, 11) is 0.0528. The van der Waals surface area contributed by atoms with Gasteiger partial charge in [-0.3, -0.25) is 0 Å². The van der Waals surface area contributed by atoms with Crippen molar-refractivity contribution in [1.82, 2.24) is 14.1 Å². The van der Waals surface area contributed by atoms with Crippen LogP contribution in [0.15, 0.2) is 42.5 Å². The van der Waals surface area contributed by atoms with E-state index in [9.17, 15) is 13.2 Å². The van der Waals surface area contributed by atoms with Crippen LogP contribution in [-0.4, -0.2) is 54.2 Å². The zero-order valence-electron chi connectivity index (χ0n) is 21.9. The number of aromatic nitrogens is 3. The van der Waals surface area contributed by atoms with E-state index in [4.69, 9.17) is 14.5 Å². The monoisotopic (exact) mass is 535 g/mol. The predicted octanol–water partition coefficient (Wildman–Crippen LogP) is 5.08. The molecule has 1 saturated heterocycles. The van der Waals surface area contributed by atoms with E-state index in [1.165, 1.54) is 30.9 Å². The molecule has 0 N–H and O–H groups in total. The van der Waals surface area contributed by atoms with Gasteiger partial charge in [0.1, 0.15) is 21.1 Å². The maximum absolute atomic E-state index is 12.4. The molecule has 8 nitrogen and oxygen atoms in total. The van der Waals surface area contributed by atoms with E-state index in [1.807, 2.05) is 0 Å². The van der Waals surface area contributed by atoms with Crippen molar-refractivity contribution in [2.75, 3.05) is 25.7 Å². The normalized spacial score (nSPS) is 17.7. The number of ether oxygens (including phenoxy) is 2. The van der Waals surface area contributed by atoms with Crippen LogP contribution in [0.5, 0.6) is 5.75 Å². The largest absolute Gasteiger partial charge is 0.494 e. The second-order valence-electron chi connectivity index (χ2n) is 10.7. The number of para-hydroxylation sites is 1. The third-order valence-corrected chi connectivity index (χ3v) is 9.78. The van der Waals surface area contributed by atoms with E-state index >= 15 is 0 Å². The van der Waals surface area contributed by atoms with Crippen molar-refractivity contribution in [3.8, 4) is 17.3 Å². The molecule has 0 amide bonds. The molecule has 0 spiro atoms. The summed E-state index contributed by atoms with van der Waals surface area (Å²) in [5, 5.41) is 1.17. The van der Waals surface area contributed by atoms with Crippen molar-refractivity contribution in [2.24, 2.45) is 11.8 Å². The molecule has 2 fully saturated rings. The van der Waals surface area contributed by atoms with Crippen molar-refractivity contribution in [3.05, 3.63) is 48.0 Å². The molecule has 200 valence electrons. The van der Waals surface area contributed by atoms with Gasteiger partial charge in [-0.2, -0.15) is 0 Å². The summed E-state index contributed by atoms with van der Waals surface area (Å²) >= 11 is 0. The molecule has 38 heavy (non-hydrogen) atoms. The first kappa shape index (κ1) is 25.0. The fourth-order valence-electron chi connectivity index (χ4n) is 5.72. The van der Waals surface area contributed by atoms with E-state index in [1.54, 1.807) is 19.2 Å². The standard InChI is InChI=1S/C29H33N3O5S/c1-36-26-17-22(29(33)37-2)15-23-27(26)31(12-9-19-10-13-38(34,35)14-11-19)28(30-23)25-16-21-5-3-4-6-24(21)32(25)18-20-7-8-20/h3-6,15-17,19-20H,7-14,18H2,1-2H3. The summed E-state index contributed by atoms with van der Waals surface area (Å²) in [5.74, 6) is 2.49. The lowest BCUT2D eigenvalue weighted by atomic mass is 9.99. The number of hydrogen-bond acceptors (Lipinski definition) is 6. The minimum absolute atomic E-state index is 0.261. The molecule has 2 aromatic carbocycles. The molecule has 4 aromatic rings. The van der Waals surface area contributed by atoms with Crippen LogP contribution in [0.4, 0.5) is 0 Å². The number of sulfone groups is 1. The predicted molar refractivity (Wildman–Crippen MR) is 147 cm³/mol. The number of rotatable bonds is 8. The van der Waals surface area contributed by atoms with E-state index in [-0.39, 0.29) is 11.5 Å². The van der Waals surface area contributed by atoms with E-state index in [0.717, 1.165) is 30.0 Å². The van der Waals surface area contributed by atoms with Crippen molar-refractivity contribution in [2.45, 2.75) is 45.2 Å². The minimum atomic E-state index is -2.91. The number of imidazole rings is 1. The van der Waals surface area contributed by atoms with E-state index in [0.29, 0.717) is 48.1 Å². The molecule has 9 heteroatoms. The second kappa shape index (κ2) is 9.76. The molecule has 1 aliphatic carbocycles. The molecule has 0 unspecified atom stereocenters. The smallest absolute Gasteiger partial charge is 0.338 e. The fraction of sp³-hybridized carbons (Fsp3) is 0.448. The lowest BCUT2D eigenvalue weighted by Crippen LogP contribution is -2.24. The van der Waals surface area contributed by atoms with Crippen molar-refractivity contribution in [1.29, 1.82) is 0 Å². The van der Waals surface area contributed by atoms with Crippen LogP contribution in [0, 0.1) is 11.8 Å². The van der Waals surface area contributed by atoms with E-state index < -0.39 is 15.8 Å². The van der Waals surface area contributed by atoms with Crippen LogP contribution in [0.1, 0.15) is 42.5 Å². The highest BCUT2D eigenvalue weighted by Gasteiger charge is 2.28. The molecule has 1 saturated carbocycles. The summed E-state index contributed by atoms with van der Waals surface area (Å²) in [5.41, 5.74) is 4.13. The fourth-order valence-corrected chi connectivity index (χ4v) is 7.31. The maximum atomic E-state index is 12.4. The third-order valence-electron chi connectivity index (χ3n) is 8.06. The lowest BCUT2D eigenvalue weighted by molar-refractivity contribution is 0.0600. The number of hydrogen-bond donors (Lipinski definition) is 0. The molecule has 0 atom stereocenters. The Morgan fingerprint density at radius 1 is 1.00 bits per heavy atom. The maximum Gasteiger partial charge on any atom is 0.338 e. The van der Waals surface area contributed by atoms with Gasteiger partial charge in [-0.1, -0.05) is 18.2 Å². The summed E-state index contributed by atoms with van der Waals surface area (Å²) in [6.07, 6.45) is 4.71. The number of esters is 1. The quantitative estimate of drug-likeness (QED) is 0.292. The highest BCUT2D eigenvalue weighted by atomic mass is 32.2. The Hall–Kier alpha value is -3.33. The van der Waals surface area contributed by atoms with Gasteiger partial charge in [0.2, 0.25) is 0 Å². The number of carbonyl (C=O) groups excluding carboxylic acids is 1. The van der Waals surface area contributed by atoms with Gasteiger partial charge in [0.15, 0.2) is 5.82 Å². The van der Waals surface area contributed by atoms with Crippen LogP contribution < -0.4 is 4.74 Å². The Bertz CT molecular complexity index is 1620. The van der Waals surface area contributed by atoms with Crippen LogP contribution in [0.25, 0.3) is 33.5 Å². The Labute approximate surface area is 222 Å². The van der Waals surface area contributed by atoms with Gasteiger partial charge in [0, 0.05) is 24.0 Å². The highest BCUT2D eigenvalue weighted by molar-refractivity contribution is 7.91. The topological polar surface area (TPSA) is 92.4 Å². The third kappa shape index (κ3) is 4.68. The lowest BCUT2D eigenvalue weighted by Gasteiger charge is -2.23. The molecule has 2 aliphatic rings. The highest BCUT2D eigenvalue weighted by Crippen LogP contribution is 2.39. The van der Waals surface area contributed by atoms with Crippen molar-refractivity contribution >= 4 is 37.7 Å². The van der Waals surface area contributed by atoms with Gasteiger partial charge in [0.25, 0.3) is 0 Å². The first-order valence-corrected chi connectivity index (χ1v) is 15.1. The Morgan fingerprint density at radius 2 is 1.76 bits per heavy atom. The number of nitrogens with zero attached hydrogens (tertiary/aromatic N) is 3. The van der Waals surface area contributed by atoms with Gasteiger partial charge in [-0.05, 0) is 68.2 Å². The van der Waals surface area contributed by atoms with E-state index in [2.05, 4.69) is 39.5 Å². The van der Waals surface area contributed by atoms with Crippen LogP contribution in [0.2, 0.25) is 0 Å². The van der Waals surface area contributed by atoms with Crippen LogP contribution in [-0.2, 0) is 27.7 Å². The van der Waals surface area contributed by atoms with Gasteiger partial charge in [-0.15, -0.1) is 0 Å². The zero-order chi connectivity index (χ0) is 26.4. The molecule has 3 heterocycles. The number of methoxy groups -OCH3 is 2. The molecular weight excluding hydrogens is 502 g/mol. The van der Waals surface area contributed by atoms with Crippen molar-refractivity contribution in [3.63, 3.8) is 0 Å². The average Bonchev–Trinajstić information content (AvgIpc) is 3.57. The Kier molecular flexibility index (Phi) is 6.42. The molecular formula is C29H33N3O5S. The second-order valence-corrected chi connectivity index (χ2v) is 13.0.